The number of nitrogens with zero attached hydrogens (tertiary/aromatic N) is 1. The molecule has 3 heterocycles. The van der Waals surface area contributed by atoms with Crippen LogP contribution in [0.4, 0.5) is 5.69 Å². The predicted octanol–water partition coefficient (Wildman–Crippen LogP) is 5.40. The first-order chi connectivity index (χ1) is 19.5. The normalized spacial score (nSPS) is 24.4. The average molecular weight is 530 g/mol. The van der Waals surface area contributed by atoms with Crippen molar-refractivity contribution in [1.29, 1.82) is 0 Å². The molecule has 4 atom stereocenters. The fourth-order valence-corrected chi connectivity index (χ4v) is 6.68. The third-order valence-corrected chi connectivity index (χ3v) is 8.52. The molecule has 0 spiro atoms. The van der Waals surface area contributed by atoms with E-state index in [2.05, 4.69) is 0 Å². The first-order valence-corrected chi connectivity index (χ1v) is 13.3. The summed E-state index contributed by atoms with van der Waals surface area (Å²) in [5, 5.41) is 1.93. The molecule has 0 N–H and O–H groups in total. The van der Waals surface area contributed by atoms with Crippen molar-refractivity contribution in [1.82, 2.24) is 0 Å². The largest absolute Gasteiger partial charge is 0.454 e. The number of ether oxygens (including phenoxy) is 3. The van der Waals surface area contributed by atoms with Gasteiger partial charge in [-0.3, -0.25) is 14.4 Å². The van der Waals surface area contributed by atoms with E-state index in [1.807, 2.05) is 85.8 Å². The lowest BCUT2D eigenvalue weighted by atomic mass is 9.64. The molecule has 0 saturated carbocycles. The molecule has 2 amide bonds. The smallest absolute Gasteiger partial charge is 0.319 e. The number of carbonyl (C=O) groups is 3. The molecule has 1 fully saturated rings. The van der Waals surface area contributed by atoms with E-state index in [0.717, 1.165) is 33.0 Å². The van der Waals surface area contributed by atoms with E-state index in [9.17, 15) is 14.4 Å². The summed E-state index contributed by atoms with van der Waals surface area (Å²) in [4.78, 5) is 43.3. The Kier molecular flexibility index (Phi) is 4.77. The maximum absolute atomic E-state index is 14.2. The van der Waals surface area contributed by atoms with E-state index in [-0.39, 0.29) is 18.6 Å². The van der Waals surface area contributed by atoms with Crippen molar-refractivity contribution < 1.29 is 28.6 Å². The number of allylic oxidation sites excluding steroid dienone is 1. The van der Waals surface area contributed by atoms with Gasteiger partial charge in [0.2, 0.25) is 18.6 Å². The van der Waals surface area contributed by atoms with Gasteiger partial charge in [0.1, 0.15) is 5.75 Å². The highest BCUT2D eigenvalue weighted by molar-refractivity contribution is 6.25. The van der Waals surface area contributed by atoms with Crippen molar-refractivity contribution in [2.24, 2.45) is 17.8 Å². The van der Waals surface area contributed by atoms with E-state index in [1.165, 1.54) is 4.90 Å². The van der Waals surface area contributed by atoms with Gasteiger partial charge in [0.05, 0.1) is 23.4 Å². The number of hydrogen-bond donors (Lipinski definition) is 0. The summed E-state index contributed by atoms with van der Waals surface area (Å²) in [6.07, 6.45) is 1.98. The number of hydrogen-bond acceptors (Lipinski definition) is 6. The van der Waals surface area contributed by atoms with Crippen molar-refractivity contribution in [2.75, 3.05) is 11.7 Å². The SMILES string of the molecule is Cc1ccc2c(c1)OC(=O)[C@@H]1C2=C[C@H](c2ccc3c(c2)OCO3)[C@H]2C(=O)N(c3ccc4ccccc4c3)C(=O)[C@@H]12. The van der Waals surface area contributed by atoms with E-state index in [1.54, 1.807) is 6.07 Å². The summed E-state index contributed by atoms with van der Waals surface area (Å²) in [6.45, 7) is 2.06. The number of carbonyl (C=O) groups excluding carboxylic acids is 3. The van der Waals surface area contributed by atoms with E-state index >= 15 is 0 Å². The highest BCUT2D eigenvalue weighted by Crippen LogP contribution is 2.55. The third kappa shape index (κ3) is 3.21. The second-order valence-electron chi connectivity index (χ2n) is 10.8. The lowest BCUT2D eigenvalue weighted by Crippen LogP contribution is -2.42. The maximum atomic E-state index is 14.2. The van der Waals surface area contributed by atoms with Crippen LogP contribution in [-0.2, 0) is 14.4 Å². The van der Waals surface area contributed by atoms with E-state index in [0.29, 0.717) is 22.9 Å². The number of fused-ring (bicyclic) bond motifs is 7. The van der Waals surface area contributed by atoms with Crippen LogP contribution in [0.1, 0.15) is 22.6 Å². The van der Waals surface area contributed by atoms with Crippen molar-refractivity contribution in [2.45, 2.75) is 12.8 Å². The molecule has 3 aliphatic heterocycles. The number of anilines is 1. The molecule has 196 valence electrons. The van der Waals surface area contributed by atoms with Gasteiger partial charge >= 0.3 is 5.97 Å². The minimum Gasteiger partial charge on any atom is -0.454 e. The first kappa shape index (κ1) is 23.0. The van der Waals surface area contributed by atoms with Crippen molar-refractivity contribution in [3.63, 3.8) is 0 Å². The highest BCUT2D eigenvalue weighted by Gasteiger charge is 2.60. The van der Waals surface area contributed by atoms with Crippen LogP contribution < -0.4 is 19.1 Å². The number of aryl methyl sites for hydroxylation is 1. The Bertz CT molecular complexity index is 1820. The second-order valence-corrected chi connectivity index (χ2v) is 10.8. The monoisotopic (exact) mass is 529 g/mol. The highest BCUT2D eigenvalue weighted by atomic mass is 16.7. The Morgan fingerprint density at radius 2 is 1.55 bits per heavy atom. The van der Waals surface area contributed by atoms with Crippen LogP contribution in [0.15, 0.2) is 84.9 Å². The summed E-state index contributed by atoms with van der Waals surface area (Å²) >= 11 is 0. The second kappa shape index (κ2) is 8.29. The summed E-state index contributed by atoms with van der Waals surface area (Å²) in [6, 6.07) is 24.6. The lowest BCUT2D eigenvalue weighted by molar-refractivity contribution is -0.142. The Morgan fingerprint density at radius 3 is 2.42 bits per heavy atom. The van der Waals surface area contributed by atoms with E-state index < -0.39 is 29.6 Å². The van der Waals surface area contributed by atoms with Crippen molar-refractivity contribution in [3.05, 3.63) is 102 Å². The zero-order valence-corrected chi connectivity index (χ0v) is 21.5. The molecule has 8 rings (SSSR count). The van der Waals surface area contributed by atoms with Crippen LogP contribution in [-0.4, -0.2) is 24.6 Å². The molecule has 4 aromatic carbocycles. The summed E-state index contributed by atoms with van der Waals surface area (Å²) in [5.41, 5.74) is 3.76. The number of benzene rings is 4. The number of esters is 1. The maximum Gasteiger partial charge on any atom is 0.319 e. The van der Waals surface area contributed by atoms with Gasteiger partial charge in [0.15, 0.2) is 11.5 Å². The third-order valence-electron chi connectivity index (χ3n) is 8.52. The topological polar surface area (TPSA) is 82.1 Å². The molecule has 7 nitrogen and oxygen atoms in total. The number of imide groups is 1. The van der Waals surface area contributed by atoms with Crippen LogP contribution in [0.3, 0.4) is 0 Å². The molecule has 7 heteroatoms. The molecule has 0 radical (unpaired) electrons. The summed E-state index contributed by atoms with van der Waals surface area (Å²) in [7, 11) is 0. The van der Waals surface area contributed by atoms with Gasteiger partial charge in [-0.15, -0.1) is 0 Å². The average Bonchev–Trinajstić information content (AvgIpc) is 3.53. The Labute approximate surface area is 229 Å². The van der Waals surface area contributed by atoms with Gasteiger partial charge in [-0.2, -0.15) is 0 Å². The van der Waals surface area contributed by atoms with Crippen LogP contribution in [0, 0.1) is 24.7 Å². The molecule has 4 aliphatic rings. The zero-order chi connectivity index (χ0) is 27.1. The van der Waals surface area contributed by atoms with Crippen LogP contribution >= 0.6 is 0 Å². The fraction of sp³-hybridized carbons (Fsp3) is 0.182. The van der Waals surface area contributed by atoms with Gasteiger partial charge in [-0.25, -0.2) is 4.90 Å². The van der Waals surface area contributed by atoms with Gasteiger partial charge in [0, 0.05) is 11.5 Å². The molecule has 1 saturated heterocycles. The van der Waals surface area contributed by atoms with Crippen molar-refractivity contribution in [3.8, 4) is 17.2 Å². The molecule has 0 bridgehead atoms. The molecule has 1 aliphatic carbocycles. The molecular weight excluding hydrogens is 506 g/mol. The minimum atomic E-state index is -0.906. The zero-order valence-electron chi connectivity index (χ0n) is 21.5. The minimum absolute atomic E-state index is 0.129. The van der Waals surface area contributed by atoms with E-state index in [4.69, 9.17) is 14.2 Å². The molecule has 4 aromatic rings. The summed E-state index contributed by atoms with van der Waals surface area (Å²) < 4.78 is 16.9. The van der Waals surface area contributed by atoms with Crippen molar-refractivity contribution >= 4 is 39.8 Å². The molecule has 0 unspecified atom stereocenters. The standard InChI is InChI=1S/C33H23NO6/c1-17-6-10-22-24-15-23(20-8-11-25-27(14-20)39-16-38-25)28-30(29(24)33(37)40-26(22)12-17)32(36)34(31(28)35)21-9-7-18-4-2-3-5-19(18)13-21/h2-15,23,28-30H,16H2,1H3/t23-,28-,29-,30-/m1/s1. The molecular formula is C33H23NO6. The Balaban J connectivity index is 1.31. The predicted molar refractivity (Wildman–Crippen MR) is 147 cm³/mol. The van der Waals surface area contributed by atoms with Gasteiger partial charge < -0.3 is 14.2 Å². The van der Waals surface area contributed by atoms with Crippen LogP contribution in [0.5, 0.6) is 17.2 Å². The Morgan fingerprint density at radius 1 is 0.750 bits per heavy atom. The van der Waals surface area contributed by atoms with Crippen LogP contribution in [0.25, 0.3) is 16.3 Å². The number of amides is 2. The molecule has 0 aromatic heterocycles. The van der Waals surface area contributed by atoms with Gasteiger partial charge in [0.25, 0.3) is 0 Å². The fourth-order valence-electron chi connectivity index (χ4n) is 6.68. The number of rotatable bonds is 2. The molecule has 40 heavy (non-hydrogen) atoms. The quantitative estimate of drug-likeness (QED) is 0.197. The first-order valence-electron chi connectivity index (χ1n) is 13.3. The Hall–Kier alpha value is -4.91. The lowest BCUT2D eigenvalue weighted by Gasteiger charge is -2.38. The van der Waals surface area contributed by atoms with Gasteiger partial charge in [-0.05, 0) is 64.7 Å². The van der Waals surface area contributed by atoms with Gasteiger partial charge in [-0.1, -0.05) is 54.6 Å². The van der Waals surface area contributed by atoms with Crippen LogP contribution in [0.2, 0.25) is 0 Å². The summed E-state index contributed by atoms with van der Waals surface area (Å²) in [5.74, 6) is -2.57.